The number of carbonyl (C=O) groups excluding carboxylic acids is 1. The number of anilines is 2. The lowest BCUT2D eigenvalue weighted by Crippen LogP contribution is -2.36. The Morgan fingerprint density at radius 3 is 2.51 bits per heavy atom. The monoisotopic (exact) mass is 522 g/mol. The quantitative estimate of drug-likeness (QED) is 0.381. The van der Waals surface area contributed by atoms with Crippen molar-refractivity contribution in [2.24, 2.45) is 6.98 Å². The van der Waals surface area contributed by atoms with Gasteiger partial charge in [0.25, 0.3) is 0 Å². The summed E-state index contributed by atoms with van der Waals surface area (Å²) in [5.74, 6) is -6.58. The van der Waals surface area contributed by atoms with Gasteiger partial charge in [-0.25, -0.2) is 24.6 Å². The second-order valence-electron chi connectivity index (χ2n) is 8.47. The van der Waals surface area contributed by atoms with Gasteiger partial charge in [-0.2, -0.15) is 22.0 Å². The summed E-state index contributed by atoms with van der Waals surface area (Å²) in [6.45, 7) is -1.32. The first kappa shape index (κ1) is 20.8. The van der Waals surface area contributed by atoms with Crippen molar-refractivity contribution < 1.29 is 30.9 Å². The lowest BCUT2D eigenvalue weighted by molar-refractivity contribution is -0.284. The molecule has 3 aromatic heterocycles. The van der Waals surface area contributed by atoms with Crippen LogP contribution < -0.4 is 11.1 Å². The molecule has 1 aliphatic heterocycles. The van der Waals surface area contributed by atoms with Gasteiger partial charge in [-0.3, -0.25) is 4.79 Å². The molecule has 4 aromatic rings. The number of nitrogens with two attached hydrogens (primary N) is 1. The average Bonchev–Trinajstić information content (AvgIpc) is 3.41. The normalized spacial score (nSPS) is 19.3. The van der Waals surface area contributed by atoms with E-state index >= 15 is 0 Å². The number of fused-ring (bicyclic) bond motifs is 2. The van der Waals surface area contributed by atoms with Gasteiger partial charge >= 0.3 is 12.1 Å². The van der Waals surface area contributed by atoms with Crippen molar-refractivity contribution >= 4 is 28.7 Å². The molecule has 0 bridgehead atoms. The highest BCUT2D eigenvalue weighted by Crippen LogP contribution is 2.45. The molecule has 1 unspecified atom stereocenters. The molecule has 0 fully saturated rings. The predicted molar refractivity (Wildman–Crippen MR) is 120 cm³/mol. The molecule has 192 valence electrons. The Labute approximate surface area is 209 Å². The molecule has 3 N–H and O–H groups in total. The highest BCUT2D eigenvalue weighted by Gasteiger charge is 2.56. The van der Waals surface area contributed by atoms with Gasteiger partial charge in [-0.15, -0.1) is 5.10 Å². The van der Waals surface area contributed by atoms with Crippen molar-refractivity contribution in [1.82, 2.24) is 34.9 Å². The van der Waals surface area contributed by atoms with E-state index in [-0.39, 0.29) is 34.2 Å². The Kier molecular flexibility index (Phi) is 4.57. The Morgan fingerprint density at radius 2 is 1.84 bits per heavy atom. The topological polar surface area (TPSA) is 137 Å². The van der Waals surface area contributed by atoms with E-state index in [1.165, 1.54) is 0 Å². The fourth-order valence-corrected chi connectivity index (χ4v) is 4.10. The standard InChI is InChI=1S/C22H18F5N9O/c1-20(10-6-4-3-5-7-10)12-15(28)31-17(32-16(12)33-19(20)37)13-14-18(36(2)35-34-14)30-11(29-13)8-9-21(23,24)22(25,26)27/h3-7H,8-9H2,1-2H3,(H3,28,31,32,33,37)/i2D3. The van der Waals surface area contributed by atoms with Crippen LogP contribution in [0.25, 0.3) is 22.7 Å². The van der Waals surface area contributed by atoms with E-state index in [4.69, 9.17) is 9.85 Å². The van der Waals surface area contributed by atoms with Crippen LogP contribution in [0.1, 0.15) is 34.4 Å². The molecular weight excluding hydrogens is 501 g/mol. The van der Waals surface area contributed by atoms with Gasteiger partial charge in [0.2, 0.25) is 5.91 Å². The number of amides is 1. The van der Waals surface area contributed by atoms with Crippen LogP contribution in [0.15, 0.2) is 30.3 Å². The summed E-state index contributed by atoms with van der Waals surface area (Å²) in [5, 5.41) is 9.91. The second-order valence-corrected chi connectivity index (χ2v) is 8.47. The number of alkyl halides is 5. The summed E-state index contributed by atoms with van der Waals surface area (Å²) < 4.78 is 88.8. The van der Waals surface area contributed by atoms with Crippen LogP contribution in [0, 0.1) is 0 Å². The van der Waals surface area contributed by atoms with E-state index in [0.29, 0.717) is 10.2 Å². The maximum Gasteiger partial charge on any atom is 0.453 e. The highest BCUT2D eigenvalue weighted by molar-refractivity contribution is 6.09. The molecule has 1 aromatic carbocycles. The smallest absolute Gasteiger partial charge is 0.383 e. The molecule has 1 amide bonds. The zero-order valence-corrected chi connectivity index (χ0v) is 18.8. The molecule has 0 radical (unpaired) electrons. The van der Waals surface area contributed by atoms with Crippen LogP contribution in [-0.2, 0) is 23.6 Å². The van der Waals surface area contributed by atoms with Crippen LogP contribution in [0.2, 0.25) is 0 Å². The largest absolute Gasteiger partial charge is 0.453 e. The van der Waals surface area contributed by atoms with Crippen molar-refractivity contribution in [3.05, 3.63) is 47.3 Å². The summed E-state index contributed by atoms with van der Waals surface area (Å²) >= 11 is 0. The summed E-state index contributed by atoms with van der Waals surface area (Å²) in [7, 11) is 0. The molecule has 0 spiro atoms. The van der Waals surface area contributed by atoms with Crippen LogP contribution >= 0.6 is 0 Å². The number of benzene rings is 1. The zero-order chi connectivity index (χ0) is 29.3. The van der Waals surface area contributed by atoms with E-state index in [0.717, 1.165) is 0 Å². The number of nitrogens with one attached hydrogen (secondary N) is 1. The van der Waals surface area contributed by atoms with Crippen LogP contribution in [-0.4, -0.2) is 52.9 Å². The van der Waals surface area contributed by atoms with E-state index < -0.39 is 54.7 Å². The third-order valence-electron chi connectivity index (χ3n) is 6.11. The molecule has 5 rings (SSSR count). The third kappa shape index (κ3) is 3.81. The van der Waals surface area contributed by atoms with Crippen LogP contribution in [0.4, 0.5) is 33.6 Å². The van der Waals surface area contributed by atoms with Gasteiger partial charge in [-0.05, 0) is 12.5 Å². The number of nitrogens with zero attached hydrogens (tertiary/aromatic N) is 7. The highest BCUT2D eigenvalue weighted by atomic mass is 19.4. The lowest BCUT2D eigenvalue weighted by Gasteiger charge is -2.23. The molecule has 4 heterocycles. The van der Waals surface area contributed by atoms with Gasteiger partial charge < -0.3 is 11.1 Å². The Morgan fingerprint density at radius 1 is 1.11 bits per heavy atom. The molecule has 0 aliphatic carbocycles. The molecule has 0 saturated carbocycles. The van der Waals surface area contributed by atoms with Crippen molar-refractivity contribution in [1.29, 1.82) is 0 Å². The number of hydrogen-bond acceptors (Lipinski definition) is 8. The van der Waals surface area contributed by atoms with Crippen molar-refractivity contribution in [2.75, 3.05) is 11.1 Å². The zero-order valence-electron chi connectivity index (χ0n) is 21.8. The number of rotatable bonds is 5. The molecule has 0 saturated heterocycles. The minimum atomic E-state index is -5.82. The van der Waals surface area contributed by atoms with Crippen LogP contribution in [0.5, 0.6) is 0 Å². The third-order valence-corrected chi connectivity index (χ3v) is 6.11. The summed E-state index contributed by atoms with van der Waals surface area (Å²) in [5.41, 5.74) is 4.73. The minimum Gasteiger partial charge on any atom is -0.383 e. The number of aryl methyl sites for hydroxylation is 2. The fourth-order valence-electron chi connectivity index (χ4n) is 4.10. The number of nitrogen functional groups attached to an aromatic ring is 1. The molecular formula is C22H18F5N9O. The molecule has 1 atom stereocenters. The second kappa shape index (κ2) is 8.11. The number of hydrogen-bond donors (Lipinski definition) is 2. The van der Waals surface area contributed by atoms with Crippen molar-refractivity contribution in [2.45, 2.75) is 37.3 Å². The van der Waals surface area contributed by atoms with Gasteiger partial charge in [0.1, 0.15) is 28.6 Å². The van der Waals surface area contributed by atoms with Crippen molar-refractivity contribution in [3.8, 4) is 11.5 Å². The Bertz CT molecular complexity index is 1640. The van der Waals surface area contributed by atoms with Gasteiger partial charge in [0, 0.05) is 23.9 Å². The van der Waals surface area contributed by atoms with E-state index in [1.807, 2.05) is 0 Å². The number of halogens is 5. The first-order chi connectivity index (χ1) is 18.5. The van der Waals surface area contributed by atoms with E-state index in [9.17, 15) is 26.7 Å². The first-order valence-corrected chi connectivity index (χ1v) is 10.7. The van der Waals surface area contributed by atoms with Crippen molar-refractivity contribution in [3.63, 3.8) is 0 Å². The first-order valence-electron chi connectivity index (χ1n) is 12.2. The molecule has 1 aliphatic rings. The van der Waals surface area contributed by atoms with E-state index in [1.54, 1.807) is 37.3 Å². The predicted octanol–water partition coefficient (Wildman–Crippen LogP) is 3.19. The van der Waals surface area contributed by atoms with Crippen LogP contribution in [0.3, 0.4) is 0 Å². The lowest BCUT2D eigenvalue weighted by atomic mass is 9.78. The van der Waals surface area contributed by atoms with Gasteiger partial charge in [0.15, 0.2) is 17.0 Å². The maximum atomic E-state index is 13.6. The molecule has 37 heavy (non-hydrogen) atoms. The maximum absolute atomic E-state index is 13.6. The number of carbonyl (C=O) groups is 1. The Hall–Kier alpha value is -4.30. The summed E-state index contributed by atoms with van der Waals surface area (Å²) in [6, 6.07) is 8.65. The number of aromatic nitrogens is 7. The minimum absolute atomic E-state index is 0.000941. The summed E-state index contributed by atoms with van der Waals surface area (Å²) in [6.07, 6.45) is -8.52. The van der Waals surface area contributed by atoms with E-state index in [2.05, 4.69) is 35.6 Å². The fraction of sp³-hybridized carbons (Fsp3) is 0.318. The summed E-state index contributed by atoms with van der Waals surface area (Å²) in [4.78, 5) is 29.5. The van der Waals surface area contributed by atoms with Gasteiger partial charge in [-0.1, -0.05) is 35.5 Å². The Balaban J connectivity index is 1.66. The van der Waals surface area contributed by atoms with Gasteiger partial charge in [0.05, 0.1) is 5.56 Å². The SMILES string of the molecule is [2H]C([2H])([2H])n1nnc2c(-c3nc(N)c4c(n3)NC(=O)C4(C)c3ccccc3)nc(CCC(F)(F)C(F)(F)F)nc21. The molecule has 15 heteroatoms. The molecule has 10 nitrogen and oxygen atoms in total. The average molecular weight is 522 g/mol.